The van der Waals surface area contributed by atoms with Crippen LogP contribution in [0.1, 0.15) is 25.7 Å². The van der Waals surface area contributed by atoms with Gasteiger partial charge in [-0.3, -0.25) is 4.98 Å². The fraction of sp³-hybridized carbons (Fsp3) is 0.368. The Labute approximate surface area is 156 Å². The van der Waals surface area contributed by atoms with E-state index in [4.69, 9.17) is 10.2 Å². The van der Waals surface area contributed by atoms with Gasteiger partial charge in [-0.05, 0) is 49.9 Å². The molecule has 0 radical (unpaired) electrons. The number of hydrogen-bond donors (Lipinski definition) is 2. The van der Waals surface area contributed by atoms with Crippen molar-refractivity contribution in [1.29, 1.82) is 0 Å². The molecule has 1 aliphatic carbocycles. The van der Waals surface area contributed by atoms with E-state index in [-0.39, 0.29) is 6.04 Å². The summed E-state index contributed by atoms with van der Waals surface area (Å²) in [7, 11) is 1.65. The first kappa shape index (κ1) is 17.3. The Morgan fingerprint density at radius 1 is 1.19 bits per heavy atom. The van der Waals surface area contributed by atoms with E-state index in [1.807, 2.05) is 35.0 Å². The number of imidazole rings is 1. The van der Waals surface area contributed by atoms with E-state index in [1.54, 1.807) is 19.4 Å². The number of nitrogens with zero attached hydrogens (tertiary/aromatic N) is 5. The van der Waals surface area contributed by atoms with Crippen LogP contribution in [-0.2, 0) is 0 Å². The van der Waals surface area contributed by atoms with Crippen molar-refractivity contribution in [3.63, 3.8) is 0 Å². The predicted molar refractivity (Wildman–Crippen MR) is 102 cm³/mol. The lowest BCUT2D eigenvalue weighted by Crippen LogP contribution is -2.40. The van der Waals surface area contributed by atoms with E-state index in [1.165, 1.54) is 4.90 Å². The minimum atomic E-state index is -0.859. The Bertz CT molecular complexity index is 934. The lowest BCUT2D eigenvalue weighted by Gasteiger charge is -2.33. The molecular weight excluding hydrogens is 344 g/mol. The number of carboxylic acid groups (broad SMARTS) is 1. The quantitative estimate of drug-likeness (QED) is 0.736. The van der Waals surface area contributed by atoms with Gasteiger partial charge in [0, 0.05) is 37.1 Å². The van der Waals surface area contributed by atoms with Crippen molar-refractivity contribution < 1.29 is 9.90 Å². The second-order valence-electron chi connectivity index (χ2n) is 6.91. The molecule has 3 heterocycles. The molecule has 0 aromatic carbocycles. The number of hydrogen-bond acceptors (Lipinski definition) is 5. The summed E-state index contributed by atoms with van der Waals surface area (Å²) in [4.78, 5) is 21.0. The maximum atomic E-state index is 11.1. The average Bonchev–Trinajstić information content (AvgIpc) is 3.12. The smallest absolute Gasteiger partial charge is 0.407 e. The maximum Gasteiger partial charge on any atom is 0.407 e. The number of nitrogens with one attached hydrogen (secondary N) is 1. The average molecular weight is 366 g/mol. The van der Waals surface area contributed by atoms with E-state index >= 15 is 0 Å². The molecule has 0 atom stereocenters. The zero-order valence-electron chi connectivity index (χ0n) is 15.1. The van der Waals surface area contributed by atoms with Crippen LogP contribution in [0.25, 0.3) is 16.9 Å². The fourth-order valence-electron chi connectivity index (χ4n) is 3.64. The Morgan fingerprint density at radius 3 is 2.63 bits per heavy atom. The molecule has 0 bridgehead atoms. The van der Waals surface area contributed by atoms with Gasteiger partial charge in [-0.1, -0.05) is 0 Å². The molecule has 27 heavy (non-hydrogen) atoms. The largest absolute Gasteiger partial charge is 0.465 e. The van der Waals surface area contributed by atoms with Gasteiger partial charge in [-0.2, -0.15) is 0 Å². The van der Waals surface area contributed by atoms with Crippen LogP contribution < -0.4 is 5.32 Å². The molecule has 3 aromatic rings. The van der Waals surface area contributed by atoms with Gasteiger partial charge in [-0.15, -0.1) is 5.10 Å². The highest BCUT2D eigenvalue weighted by Crippen LogP contribution is 2.25. The standard InChI is InChI=1S/C19H22N6O2/c1-24(19(26)27)15-4-2-14(3-5-15)22-17-6-7-18-21-12-16(25(18)23-17)13-8-10-20-11-9-13/h6-12,14-15H,2-5H2,1H3,(H,22,23)(H,26,27). The molecule has 8 heteroatoms. The highest BCUT2D eigenvalue weighted by molar-refractivity contribution is 5.65. The molecule has 1 saturated carbocycles. The van der Waals surface area contributed by atoms with Crippen molar-refractivity contribution in [3.8, 4) is 11.3 Å². The lowest BCUT2D eigenvalue weighted by atomic mass is 9.90. The third-order valence-corrected chi connectivity index (χ3v) is 5.24. The van der Waals surface area contributed by atoms with E-state index in [9.17, 15) is 4.79 Å². The number of aromatic nitrogens is 4. The molecule has 1 fully saturated rings. The van der Waals surface area contributed by atoms with Crippen molar-refractivity contribution >= 4 is 17.6 Å². The van der Waals surface area contributed by atoms with E-state index in [0.717, 1.165) is 48.4 Å². The van der Waals surface area contributed by atoms with Crippen LogP contribution in [-0.4, -0.2) is 54.8 Å². The SMILES string of the molecule is CN(C(=O)O)C1CCC(Nc2ccc3ncc(-c4ccncc4)n3n2)CC1. The molecule has 1 aliphatic rings. The lowest BCUT2D eigenvalue weighted by molar-refractivity contribution is 0.125. The maximum absolute atomic E-state index is 11.1. The number of anilines is 1. The van der Waals surface area contributed by atoms with Gasteiger partial charge in [-0.25, -0.2) is 14.3 Å². The molecule has 8 nitrogen and oxygen atoms in total. The number of rotatable bonds is 4. The topological polar surface area (TPSA) is 95.7 Å². The van der Waals surface area contributed by atoms with Gasteiger partial charge in [0.25, 0.3) is 0 Å². The molecule has 2 N–H and O–H groups in total. The van der Waals surface area contributed by atoms with Crippen LogP contribution in [0.4, 0.5) is 10.6 Å². The molecule has 0 spiro atoms. The third kappa shape index (κ3) is 3.55. The molecular formula is C19H22N6O2. The zero-order chi connectivity index (χ0) is 18.8. The zero-order valence-corrected chi connectivity index (χ0v) is 15.1. The van der Waals surface area contributed by atoms with Crippen LogP contribution in [0.2, 0.25) is 0 Å². The third-order valence-electron chi connectivity index (χ3n) is 5.24. The molecule has 1 amide bonds. The second-order valence-corrected chi connectivity index (χ2v) is 6.91. The summed E-state index contributed by atoms with van der Waals surface area (Å²) >= 11 is 0. The summed E-state index contributed by atoms with van der Waals surface area (Å²) < 4.78 is 1.83. The minimum absolute atomic E-state index is 0.0999. The predicted octanol–water partition coefficient (Wildman–Crippen LogP) is 3.12. The highest BCUT2D eigenvalue weighted by Gasteiger charge is 2.26. The Morgan fingerprint density at radius 2 is 1.93 bits per heavy atom. The van der Waals surface area contributed by atoms with Gasteiger partial charge in [0.2, 0.25) is 0 Å². The van der Waals surface area contributed by atoms with Crippen LogP contribution in [0.15, 0.2) is 42.9 Å². The first-order chi connectivity index (χ1) is 13.1. The van der Waals surface area contributed by atoms with Crippen molar-refractivity contribution in [2.45, 2.75) is 37.8 Å². The van der Waals surface area contributed by atoms with Crippen LogP contribution in [0.3, 0.4) is 0 Å². The van der Waals surface area contributed by atoms with E-state index in [0.29, 0.717) is 6.04 Å². The van der Waals surface area contributed by atoms with Crippen molar-refractivity contribution in [3.05, 3.63) is 42.9 Å². The fourth-order valence-corrected chi connectivity index (χ4v) is 3.64. The van der Waals surface area contributed by atoms with Gasteiger partial charge in [0.05, 0.1) is 11.9 Å². The summed E-state index contributed by atoms with van der Waals surface area (Å²) in [6, 6.07) is 8.15. The normalized spacial score (nSPS) is 19.7. The molecule has 0 unspecified atom stereocenters. The monoisotopic (exact) mass is 366 g/mol. The van der Waals surface area contributed by atoms with Crippen LogP contribution in [0, 0.1) is 0 Å². The highest BCUT2D eigenvalue weighted by atomic mass is 16.4. The number of fused-ring (bicyclic) bond motifs is 1. The van der Waals surface area contributed by atoms with E-state index in [2.05, 4.69) is 15.3 Å². The van der Waals surface area contributed by atoms with Gasteiger partial charge in [0.1, 0.15) is 5.82 Å². The molecule has 4 rings (SSSR count). The van der Waals surface area contributed by atoms with Crippen molar-refractivity contribution in [2.75, 3.05) is 12.4 Å². The van der Waals surface area contributed by atoms with Crippen molar-refractivity contribution in [1.82, 2.24) is 24.5 Å². The number of pyridine rings is 1. The Kier molecular flexibility index (Phi) is 4.62. The Balaban J connectivity index is 1.48. The number of carbonyl (C=O) groups is 1. The van der Waals surface area contributed by atoms with Crippen LogP contribution >= 0.6 is 0 Å². The van der Waals surface area contributed by atoms with Crippen LogP contribution in [0.5, 0.6) is 0 Å². The summed E-state index contributed by atoms with van der Waals surface area (Å²) in [6.07, 6.45) is 8.02. The summed E-state index contributed by atoms with van der Waals surface area (Å²) in [5, 5.41) is 17.3. The second kappa shape index (κ2) is 7.22. The summed E-state index contributed by atoms with van der Waals surface area (Å²) in [6.45, 7) is 0. The van der Waals surface area contributed by atoms with Crippen molar-refractivity contribution in [2.24, 2.45) is 0 Å². The molecule has 0 aliphatic heterocycles. The van der Waals surface area contributed by atoms with Gasteiger partial charge in [0.15, 0.2) is 5.65 Å². The van der Waals surface area contributed by atoms with Gasteiger partial charge >= 0.3 is 6.09 Å². The van der Waals surface area contributed by atoms with E-state index < -0.39 is 6.09 Å². The number of amides is 1. The first-order valence-electron chi connectivity index (χ1n) is 9.09. The van der Waals surface area contributed by atoms with Gasteiger partial charge < -0.3 is 15.3 Å². The summed E-state index contributed by atoms with van der Waals surface area (Å²) in [5.41, 5.74) is 2.72. The minimum Gasteiger partial charge on any atom is -0.465 e. The molecule has 3 aromatic heterocycles. The molecule has 140 valence electrons. The first-order valence-corrected chi connectivity index (χ1v) is 9.09. The Hall–Kier alpha value is -3.16. The summed E-state index contributed by atoms with van der Waals surface area (Å²) in [5.74, 6) is 0.797. The molecule has 0 saturated heterocycles.